The van der Waals surface area contributed by atoms with E-state index < -0.39 is 5.60 Å². The summed E-state index contributed by atoms with van der Waals surface area (Å²) in [5, 5.41) is 11.2. The Morgan fingerprint density at radius 1 is 1.23 bits per heavy atom. The number of nitrogens with two attached hydrogens (primary N) is 1. The van der Waals surface area contributed by atoms with Gasteiger partial charge in [0, 0.05) is 44.6 Å². The largest absolute Gasteiger partial charge is 0.492 e. The Hall–Kier alpha value is -3.23. The van der Waals surface area contributed by atoms with Crippen LogP contribution in [0.2, 0.25) is 0 Å². The van der Waals surface area contributed by atoms with Gasteiger partial charge in [-0.15, -0.1) is 0 Å². The van der Waals surface area contributed by atoms with Gasteiger partial charge in [0.1, 0.15) is 23.5 Å². The number of hydrogen-bond donors (Lipinski definition) is 2. The zero-order valence-corrected chi connectivity index (χ0v) is 17.6. The summed E-state index contributed by atoms with van der Waals surface area (Å²) in [6.45, 7) is 2.21. The van der Waals surface area contributed by atoms with Crippen LogP contribution in [0.4, 0.5) is 5.69 Å². The van der Waals surface area contributed by atoms with Gasteiger partial charge in [0.2, 0.25) is 0 Å². The molecule has 0 saturated carbocycles. The molecule has 3 aromatic rings. The third kappa shape index (κ3) is 4.60. The van der Waals surface area contributed by atoms with E-state index in [0.29, 0.717) is 44.0 Å². The summed E-state index contributed by atoms with van der Waals surface area (Å²) < 4.78 is 5.45. The van der Waals surface area contributed by atoms with Crippen molar-refractivity contribution in [2.75, 3.05) is 44.7 Å². The number of aliphatic hydroxyl groups is 1. The zero-order valence-electron chi connectivity index (χ0n) is 17.6. The molecule has 8 heteroatoms. The summed E-state index contributed by atoms with van der Waals surface area (Å²) >= 11 is 0. The number of benzene rings is 1. The molecule has 162 valence electrons. The summed E-state index contributed by atoms with van der Waals surface area (Å²) in [7, 11) is 1.71. The first-order valence-electron chi connectivity index (χ1n) is 10.3. The summed E-state index contributed by atoms with van der Waals surface area (Å²) in [5.74, 6) is 0.529. The Labute approximate surface area is 181 Å². The maximum atomic E-state index is 12.8. The topological polar surface area (TPSA) is 105 Å². The van der Waals surface area contributed by atoms with Crippen molar-refractivity contribution in [3.8, 4) is 5.75 Å². The molecule has 1 aliphatic rings. The first-order chi connectivity index (χ1) is 15.0. The second-order valence-corrected chi connectivity index (χ2v) is 7.92. The Balaban J connectivity index is 1.42. The Morgan fingerprint density at radius 3 is 2.81 bits per heavy atom. The molecule has 4 rings (SSSR count). The number of carbonyl (C=O) groups is 1. The van der Waals surface area contributed by atoms with Crippen LogP contribution < -0.4 is 15.4 Å². The van der Waals surface area contributed by atoms with E-state index in [1.165, 1.54) is 0 Å². The normalized spacial score (nSPS) is 18.4. The number of ether oxygens (including phenoxy) is 1. The third-order valence-electron chi connectivity index (χ3n) is 5.51. The molecule has 0 radical (unpaired) electrons. The van der Waals surface area contributed by atoms with E-state index in [9.17, 15) is 9.90 Å². The summed E-state index contributed by atoms with van der Waals surface area (Å²) in [6.07, 6.45) is 4.06. The molecule has 1 aromatic carbocycles. The fraction of sp³-hybridized carbons (Fsp3) is 0.348. The molecule has 1 atom stereocenters. The highest BCUT2D eigenvalue weighted by Gasteiger charge is 2.38. The molecule has 31 heavy (non-hydrogen) atoms. The van der Waals surface area contributed by atoms with Crippen molar-refractivity contribution in [2.24, 2.45) is 5.73 Å². The number of nitrogens with zero attached hydrogens (tertiary/aromatic N) is 4. The maximum absolute atomic E-state index is 12.8. The molecule has 1 fully saturated rings. The van der Waals surface area contributed by atoms with Gasteiger partial charge in [-0.3, -0.25) is 14.8 Å². The lowest BCUT2D eigenvalue weighted by molar-refractivity contribution is 0.0264. The Kier molecular flexibility index (Phi) is 6.01. The minimum atomic E-state index is -1.00. The molecule has 8 nitrogen and oxygen atoms in total. The van der Waals surface area contributed by atoms with E-state index in [-0.39, 0.29) is 12.5 Å². The molecule has 0 unspecified atom stereocenters. The predicted molar refractivity (Wildman–Crippen MR) is 119 cm³/mol. The average Bonchev–Trinajstić information content (AvgIpc) is 3.18. The molecule has 2 aromatic heterocycles. The summed E-state index contributed by atoms with van der Waals surface area (Å²) in [6, 6.07) is 12.7. The predicted octanol–water partition coefficient (Wildman–Crippen LogP) is 1.68. The van der Waals surface area contributed by atoms with Crippen LogP contribution in [0.5, 0.6) is 5.75 Å². The number of anilines is 1. The molecule has 1 amide bonds. The Bertz CT molecular complexity index is 1050. The van der Waals surface area contributed by atoms with Crippen molar-refractivity contribution in [1.82, 2.24) is 14.9 Å². The average molecular weight is 422 g/mol. The first-order valence-corrected chi connectivity index (χ1v) is 10.3. The minimum Gasteiger partial charge on any atom is -0.492 e. The first kappa shape index (κ1) is 21.0. The zero-order chi connectivity index (χ0) is 21.8. The van der Waals surface area contributed by atoms with Gasteiger partial charge >= 0.3 is 0 Å². The van der Waals surface area contributed by atoms with Crippen LogP contribution in [0.1, 0.15) is 16.8 Å². The number of likely N-dealkylation sites (N-methyl/N-ethyl adjacent to an activating group) is 1. The van der Waals surface area contributed by atoms with Crippen molar-refractivity contribution in [3.63, 3.8) is 0 Å². The van der Waals surface area contributed by atoms with Crippen LogP contribution in [0.15, 0.2) is 54.9 Å². The maximum Gasteiger partial charge on any atom is 0.253 e. The SMILES string of the molecule is CN(C[C@@]1(O)CCN(c2ccnc3cccnc23)C1)C(=O)c1ccc(OCCN)cc1. The van der Waals surface area contributed by atoms with E-state index in [0.717, 1.165) is 16.7 Å². The monoisotopic (exact) mass is 421 g/mol. The molecule has 0 spiro atoms. The molecule has 1 saturated heterocycles. The van der Waals surface area contributed by atoms with E-state index in [1.54, 1.807) is 48.6 Å². The number of rotatable bonds is 7. The smallest absolute Gasteiger partial charge is 0.253 e. The number of amides is 1. The lowest BCUT2D eigenvalue weighted by Gasteiger charge is -2.29. The molecular weight excluding hydrogens is 394 g/mol. The summed E-state index contributed by atoms with van der Waals surface area (Å²) in [4.78, 5) is 25.3. The summed E-state index contributed by atoms with van der Waals surface area (Å²) in [5.41, 5.74) is 7.57. The molecule has 3 heterocycles. The highest BCUT2D eigenvalue weighted by Crippen LogP contribution is 2.31. The second kappa shape index (κ2) is 8.87. The standard InChI is InChI=1S/C23H27N5O3/c1-27(22(29)17-4-6-18(7-5-17)31-14-10-24)15-23(30)9-13-28(16-23)20-8-12-25-19-3-2-11-26-21(19)20/h2-8,11-12,30H,9-10,13-16,24H2,1H3/t23-/m0/s1. The number of pyridine rings is 2. The molecular formula is C23H27N5O3. The molecule has 0 aliphatic carbocycles. The molecule has 1 aliphatic heterocycles. The lowest BCUT2D eigenvalue weighted by Crippen LogP contribution is -2.45. The number of carbonyl (C=O) groups excluding carboxylic acids is 1. The highest BCUT2D eigenvalue weighted by molar-refractivity contribution is 5.94. The van der Waals surface area contributed by atoms with Crippen molar-refractivity contribution in [2.45, 2.75) is 12.0 Å². The number of hydrogen-bond acceptors (Lipinski definition) is 7. The van der Waals surface area contributed by atoms with Gasteiger partial charge in [-0.05, 0) is 48.9 Å². The van der Waals surface area contributed by atoms with Crippen molar-refractivity contribution >= 4 is 22.6 Å². The fourth-order valence-corrected chi connectivity index (χ4v) is 4.02. The van der Waals surface area contributed by atoms with E-state index in [2.05, 4.69) is 14.9 Å². The van der Waals surface area contributed by atoms with E-state index in [4.69, 9.17) is 10.5 Å². The van der Waals surface area contributed by atoms with Gasteiger partial charge in [0.05, 0.1) is 17.7 Å². The van der Waals surface area contributed by atoms with Crippen molar-refractivity contribution < 1.29 is 14.6 Å². The minimum absolute atomic E-state index is 0.145. The molecule has 0 bridgehead atoms. The van der Waals surface area contributed by atoms with Crippen LogP contribution >= 0.6 is 0 Å². The quantitative estimate of drug-likeness (QED) is 0.598. The Morgan fingerprint density at radius 2 is 2.03 bits per heavy atom. The van der Waals surface area contributed by atoms with Crippen LogP contribution in [0.3, 0.4) is 0 Å². The second-order valence-electron chi connectivity index (χ2n) is 7.92. The third-order valence-corrected chi connectivity index (χ3v) is 5.51. The fourth-order valence-electron chi connectivity index (χ4n) is 4.02. The van der Waals surface area contributed by atoms with Gasteiger partial charge in [-0.25, -0.2) is 0 Å². The number of β-amino-alcohol motifs (C(OH)–C–C–N with tert-alkyl or cyclic N) is 1. The highest BCUT2D eigenvalue weighted by atomic mass is 16.5. The van der Waals surface area contributed by atoms with Gasteiger partial charge in [0.25, 0.3) is 5.91 Å². The van der Waals surface area contributed by atoms with Gasteiger partial charge in [-0.2, -0.15) is 0 Å². The van der Waals surface area contributed by atoms with Crippen LogP contribution in [-0.2, 0) is 0 Å². The van der Waals surface area contributed by atoms with Gasteiger partial charge < -0.3 is 25.4 Å². The van der Waals surface area contributed by atoms with E-state index in [1.807, 2.05) is 18.2 Å². The van der Waals surface area contributed by atoms with Gasteiger partial charge in [-0.1, -0.05) is 0 Å². The van der Waals surface area contributed by atoms with Crippen molar-refractivity contribution in [3.05, 3.63) is 60.4 Å². The van der Waals surface area contributed by atoms with Crippen molar-refractivity contribution in [1.29, 1.82) is 0 Å². The molecule has 3 N–H and O–H groups in total. The number of fused-ring (bicyclic) bond motifs is 1. The number of aromatic nitrogens is 2. The van der Waals surface area contributed by atoms with E-state index >= 15 is 0 Å². The van der Waals surface area contributed by atoms with Crippen LogP contribution in [0.25, 0.3) is 11.0 Å². The lowest BCUT2D eigenvalue weighted by atomic mass is 10.0. The van der Waals surface area contributed by atoms with Gasteiger partial charge in [0.15, 0.2) is 0 Å². The van der Waals surface area contributed by atoms with Crippen LogP contribution in [-0.4, -0.2) is 71.3 Å². The van der Waals surface area contributed by atoms with Crippen LogP contribution in [0, 0.1) is 0 Å².